The van der Waals surface area contributed by atoms with Crippen molar-refractivity contribution in [1.82, 2.24) is 10.3 Å². The molecule has 0 aromatic carbocycles. The first kappa shape index (κ1) is 13.8. The van der Waals surface area contributed by atoms with E-state index in [9.17, 15) is 4.79 Å². The molecule has 1 aromatic rings. The highest BCUT2D eigenvalue weighted by molar-refractivity contribution is 5.26. The van der Waals surface area contributed by atoms with Crippen LogP contribution in [0.5, 0.6) is 0 Å². The fourth-order valence-electron chi connectivity index (χ4n) is 3.18. The van der Waals surface area contributed by atoms with Gasteiger partial charge in [0.15, 0.2) is 0 Å². The first-order valence-electron chi connectivity index (χ1n) is 7.31. The van der Waals surface area contributed by atoms with Crippen molar-refractivity contribution >= 4 is 0 Å². The molecule has 1 aromatic heterocycles. The Morgan fingerprint density at radius 1 is 1.55 bits per heavy atom. The van der Waals surface area contributed by atoms with E-state index in [0.717, 1.165) is 44.5 Å². The lowest BCUT2D eigenvalue weighted by molar-refractivity contribution is -0.0178. The number of hydrogen-bond acceptors (Lipinski definition) is 4. The Kier molecular flexibility index (Phi) is 3.92. The maximum Gasteiger partial charge on any atom is 0.248 e. The topological polar surface area (TPSA) is 63.3 Å². The van der Waals surface area contributed by atoms with E-state index >= 15 is 0 Å². The molecule has 2 heterocycles. The second-order valence-electron chi connectivity index (χ2n) is 5.77. The van der Waals surface area contributed by atoms with Gasteiger partial charge in [0.2, 0.25) is 5.56 Å². The largest absolute Gasteiger partial charge is 0.378 e. The summed E-state index contributed by atoms with van der Waals surface area (Å²) in [6, 6.07) is 3.86. The van der Waals surface area contributed by atoms with E-state index in [1.807, 2.05) is 6.07 Å². The Morgan fingerprint density at radius 3 is 3.20 bits per heavy atom. The number of methoxy groups -OCH3 is 1. The number of ether oxygens (including phenoxy) is 2. The van der Waals surface area contributed by atoms with Crippen molar-refractivity contribution in [3.63, 3.8) is 0 Å². The molecule has 1 fully saturated rings. The molecule has 2 unspecified atom stereocenters. The predicted molar refractivity (Wildman–Crippen MR) is 75.9 cm³/mol. The lowest BCUT2D eigenvalue weighted by Crippen LogP contribution is -2.44. The van der Waals surface area contributed by atoms with Crippen molar-refractivity contribution in [2.45, 2.75) is 37.3 Å². The van der Waals surface area contributed by atoms with Gasteiger partial charge in [0.1, 0.15) is 5.60 Å². The zero-order chi connectivity index (χ0) is 14.0. The summed E-state index contributed by atoms with van der Waals surface area (Å²) in [7, 11) is 1.75. The van der Waals surface area contributed by atoms with E-state index in [-0.39, 0.29) is 11.2 Å². The maximum absolute atomic E-state index is 11.4. The molecule has 2 aliphatic rings. The lowest BCUT2D eigenvalue weighted by atomic mass is 9.90. The Bertz CT molecular complexity index is 520. The SMILES string of the molecule is COC1(CNC2CCCc3[nH]c(=O)ccc32)CCOC1. The summed E-state index contributed by atoms with van der Waals surface area (Å²) in [5, 5.41) is 3.60. The van der Waals surface area contributed by atoms with Gasteiger partial charge in [-0.15, -0.1) is 0 Å². The highest BCUT2D eigenvalue weighted by atomic mass is 16.5. The van der Waals surface area contributed by atoms with Gasteiger partial charge >= 0.3 is 0 Å². The van der Waals surface area contributed by atoms with Crippen molar-refractivity contribution in [2.24, 2.45) is 0 Å². The van der Waals surface area contributed by atoms with E-state index in [4.69, 9.17) is 9.47 Å². The van der Waals surface area contributed by atoms with E-state index in [0.29, 0.717) is 12.6 Å². The fourth-order valence-corrected chi connectivity index (χ4v) is 3.18. The minimum Gasteiger partial charge on any atom is -0.378 e. The average Bonchev–Trinajstić information content (AvgIpc) is 2.94. The zero-order valence-corrected chi connectivity index (χ0v) is 11.9. The number of rotatable bonds is 4. The third-order valence-corrected chi connectivity index (χ3v) is 4.50. The number of H-pyrrole nitrogens is 1. The normalized spacial score (nSPS) is 29.4. The molecule has 2 N–H and O–H groups in total. The van der Waals surface area contributed by atoms with Gasteiger partial charge in [0.25, 0.3) is 0 Å². The van der Waals surface area contributed by atoms with Crippen LogP contribution < -0.4 is 10.9 Å². The van der Waals surface area contributed by atoms with Gasteiger partial charge < -0.3 is 19.8 Å². The second-order valence-corrected chi connectivity index (χ2v) is 5.77. The number of aryl methyl sites for hydroxylation is 1. The molecule has 3 rings (SSSR count). The first-order valence-corrected chi connectivity index (χ1v) is 7.31. The van der Waals surface area contributed by atoms with Gasteiger partial charge in [0.05, 0.1) is 6.61 Å². The quantitative estimate of drug-likeness (QED) is 0.867. The standard InChI is InChI=1S/C15H22N2O3/c1-19-15(7-8-20-10-15)9-16-12-3-2-4-13-11(12)5-6-14(18)17-13/h5-6,12,16H,2-4,7-10H2,1H3,(H,17,18). The van der Waals surface area contributed by atoms with Crippen molar-refractivity contribution in [2.75, 3.05) is 26.9 Å². The maximum atomic E-state index is 11.4. The van der Waals surface area contributed by atoms with E-state index in [2.05, 4.69) is 10.3 Å². The minimum atomic E-state index is -0.195. The van der Waals surface area contributed by atoms with Gasteiger partial charge in [0, 0.05) is 44.5 Å². The van der Waals surface area contributed by atoms with Crippen LogP contribution in [0.25, 0.3) is 0 Å². The molecule has 0 spiro atoms. The zero-order valence-electron chi connectivity index (χ0n) is 11.9. The molecule has 0 radical (unpaired) electrons. The molecule has 0 bridgehead atoms. The van der Waals surface area contributed by atoms with Gasteiger partial charge in [-0.3, -0.25) is 4.79 Å². The van der Waals surface area contributed by atoms with Crippen LogP contribution in [0.15, 0.2) is 16.9 Å². The highest BCUT2D eigenvalue weighted by Gasteiger charge is 2.35. The Morgan fingerprint density at radius 2 is 2.45 bits per heavy atom. The summed E-state index contributed by atoms with van der Waals surface area (Å²) >= 11 is 0. The summed E-state index contributed by atoms with van der Waals surface area (Å²) < 4.78 is 11.1. The lowest BCUT2D eigenvalue weighted by Gasteiger charge is -2.31. The van der Waals surface area contributed by atoms with Gasteiger partial charge in [-0.25, -0.2) is 0 Å². The fraction of sp³-hybridized carbons (Fsp3) is 0.667. The Hall–Kier alpha value is -1.17. The first-order chi connectivity index (χ1) is 9.72. The number of nitrogens with one attached hydrogen (secondary N) is 2. The third-order valence-electron chi connectivity index (χ3n) is 4.50. The molecule has 5 heteroatoms. The molecule has 20 heavy (non-hydrogen) atoms. The molecule has 1 saturated heterocycles. The Balaban J connectivity index is 1.71. The van der Waals surface area contributed by atoms with Crippen molar-refractivity contribution in [1.29, 1.82) is 0 Å². The van der Waals surface area contributed by atoms with Crippen LogP contribution in [0, 0.1) is 0 Å². The molecular formula is C15H22N2O3. The van der Waals surface area contributed by atoms with Crippen LogP contribution in [0.2, 0.25) is 0 Å². The number of aromatic amines is 1. The summed E-state index contributed by atoms with van der Waals surface area (Å²) in [6.07, 6.45) is 4.09. The number of hydrogen-bond donors (Lipinski definition) is 2. The number of aromatic nitrogens is 1. The van der Waals surface area contributed by atoms with E-state index < -0.39 is 0 Å². The van der Waals surface area contributed by atoms with E-state index in [1.165, 1.54) is 5.56 Å². The molecule has 0 saturated carbocycles. The Labute approximate surface area is 118 Å². The van der Waals surface area contributed by atoms with Crippen molar-refractivity contribution in [3.05, 3.63) is 33.7 Å². The smallest absolute Gasteiger partial charge is 0.248 e. The van der Waals surface area contributed by atoms with Crippen LogP contribution in [0.4, 0.5) is 0 Å². The molecule has 5 nitrogen and oxygen atoms in total. The summed E-state index contributed by atoms with van der Waals surface area (Å²) in [6.45, 7) is 2.21. The molecular weight excluding hydrogens is 256 g/mol. The van der Waals surface area contributed by atoms with Crippen LogP contribution in [-0.4, -0.2) is 37.5 Å². The third kappa shape index (κ3) is 2.66. The van der Waals surface area contributed by atoms with Crippen LogP contribution in [0.3, 0.4) is 0 Å². The number of pyridine rings is 1. The summed E-state index contributed by atoms with van der Waals surface area (Å²) in [5.41, 5.74) is 2.10. The average molecular weight is 278 g/mol. The molecule has 1 aliphatic heterocycles. The summed E-state index contributed by atoms with van der Waals surface area (Å²) in [4.78, 5) is 14.4. The predicted octanol–water partition coefficient (Wildman–Crippen LogP) is 1.15. The number of fused-ring (bicyclic) bond motifs is 1. The molecule has 0 amide bonds. The van der Waals surface area contributed by atoms with Crippen molar-refractivity contribution in [3.8, 4) is 0 Å². The monoisotopic (exact) mass is 278 g/mol. The van der Waals surface area contributed by atoms with Crippen molar-refractivity contribution < 1.29 is 9.47 Å². The van der Waals surface area contributed by atoms with Gasteiger partial charge in [-0.05, 0) is 24.8 Å². The van der Waals surface area contributed by atoms with Crippen LogP contribution >= 0.6 is 0 Å². The van der Waals surface area contributed by atoms with E-state index in [1.54, 1.807) is 13.2 Å². The van der Waals surface area contributed by atoms with Gasteiger partial charge in [-0.1, -0.05) is 6.07 Å². The van der Waals surface area contributed by atoms with Gasteiger partial charge in [-0.2, -0.15) is 0 Å². The van der Waals surface area contributed by atoms with Crippen LogP contribution in [0.1, 0.15) is 36.6 Å². The molecule has 1 aliphatic carbocycles. The van der Waals surface area contributed by atoms with Crippen LogP contribution in [-0.2, 0) is 15.9 Å². The molecule has 110 valence electrons. The second kappa shape index (κ2) is 5.68. The summed E-state index contributed by atoms with van der Waals surface area (Å²) in [5.74, 6) is 0. The highest BCUT2D eigenvalue weighted by Crippen LogP contribution is 2.29. The molecule has 2 atom stereocenters. The minimum absolute atomic E-state index is 0.0121.